The first-order valence-electron chi connectivity index (χ1n) is 9.88. The number of nitrogens with zero attached hydrogens (tertiary/aromatic N) is 2. The number of hydrogen-bond donors (Lipinski definition) is 0. The molecule has 3 rings (SSSR count). The van der Waals surface area contributed by atoms with Crippen LogP contribution in [0.2, 0.25) is 0 Å². The minimum Gasteiger partial charge on any atom is -0.495 e. The summed E-state index contributed by atoms with van der Waals surface area (Å²) in [5.41, 5.74) is 2.39. The Morgan fingerprint density at radius 2 is 1.64 bits per heavy atom. The van der Waals surface area contributed by atoms with Crippen LogP contribution in [-0.4, -0.2) is 31.2 Å². The van der Waals surface area contributed by atoms with Gasteiger partial charge in [0.15, 0.2) is 0 Å². The topological polar surface area (TPSA) is 108 Å². The van der Waals surface area contributed by atoms with E-state index in [-0.39, 0.29) is 18.0 Å². The largest absolute Gasteiger partial charge is 0.495 e. The molecule has 0 unspecified atom stereocenters. The third kappa shape index (κ3) is 5.65. The van der Waals surface area contributed by atoms with E-state index in [0.717, 1.165) is 11.1 Å². The van der Waals surface area contributed by atoms with E-state index in [1.165, 1.54) is 43.4 Å². The van der Waals surface area contributed by atoms with Gasteiger partial charge in [-0.15, -0.1) is 0 Å². The maximum Gasteiger partial charge on any atom is 0.420 e. The fourth-order valence-corrected chi connectivity index (χ4v) is 3.10. The maximum absolute atomic E-state index is 13.2. The van der Waals surface area contributed by atoms with Gasteiger partial charge in [-0.25, -0.2) is 9.59 Å². The zero-order valence-electron chi connectivity index (χ0n) is 18.3. The molecular weight excluding hydrogens is 428 g/mol. The fourth-order valence-electron chi connectivity index (χ4n) is 3.10. The molecule has 0 spiro atoms. The van der Waals surface area contributed by atoms with Gasteiger partial charge < -0.3 is 14.2 Å². The first kappa shape index (κ1) is 23.3. The molecule has 0 bridgehead atoms. The summed E-state index contributed by atoms with van der Waals surface area (Å²) in [6.07, 6.45) is -0.704. The highest BCUT2D eigenvalue weighted by atomic mass is 16.6. The lowest BCUT2D eigenvalue weighted by atomic mass is 10.1. The summed E-state index contributed by atoms with van der Waals surface area (Å²) in [5, 5.41) is 10.9. The Balaban J connectivity index is 1.93. The van der Waals surface area contributed by atoms with Crippen LogP contribution >= 0.6 is 0 Å². The summed E-state index contributed by atoms with van der Waals surface area (Å²) < 4.78 is 15.6. The van der Waals surface area contributed by atoms with E-state index in [1.807, 2.05) is 13.0 Å². The molecule has 0 radical (unpaired) electrons. The summed E-state index contributed by atoms with van der Waals surface area (Å²) in [7, 11) is 2.80. The number of nitro groups is 1. The van der Waals surface area contributed by atoms with Crippen molar-refractivity contribution < 1.29 is 28.7 Å². The predicted octanol–water partition coefficient (Wildman–Crippen LogP) is 4.90. The number of aryl methyl sites for hydroxylation is 1. The molecule has 0 heterocycles. The van der Waals surface area contributed by atoms with Gasteiger partial charge in [0.25, 0.3) is 5.69 Å². The molecule has 0 fully saturated rings. The number of amides is 1. The number of benzene rings is 3. The molecule has 3 aromatic carbocycles. The average molecular weight is 450 g/mol. The van der Waals surface area contributed by atoms with E-state index in [2.05, 4.69) is 0 Å². The quantitative estimate of drug-likeness (QED) is 0.286. The molecule has 0 aromatic heterocycles. The van der Waals surface area contributed by atoms with E-state index in [0.29, 0.717) is 17.0 Å². The molecule has 0 N–H and O–H groups in total. The second-order valence-electron chi connectivity index (χ2n) is 7.07. The van der Waals surface area contributed by atoms with Crippen molar-refractivity contribution in [3.8, 4) is 11.5 Å². The molecule has 0 saturated carbocycles. The number of hydrogen-bond acceptors (Lipinski definition) is 7. The van der Waals surface area contributed by atoms with E-state index in [4.69, 9.17) is 14.2 Å². The van der Waals surface area contributed by atoms with Crippen molar-refractivity contribution in [1.82, 2.24) is 0 Å². The van der Waals surface area contributed by atoms with Crippen LogP contribution in [0.5, 0.6) is 11.5 Å². The highest BCUT2D eigenvalue weighted by Gasteiger charge is 2.23. The summed E-state index contributed by atoms with van der Waals surface area (Å²) >= 11 is 0. The molecular formula is C24H22N2O7. The zero-order valence-corrected chi connectivity index (χ0v) is 18.3. The zero-order chi connectivity index (χ0) is 24.0. The smallest absolute Gasteiger partial charge is 0.420 e. The number of rotatable bonds is 7. The minimum atomic E-state index is -0.704. The fraction of sp³-hybridized carbons (Fsp3) is 0.167. The SMILES string of the molecule is COC(=O)c1ccc(CN(C(=O)Oc2ccc([N+](=O)[O-])cc2)c2cc(C)ccc2OC)cc1. The highest BCUT2D eigenvalue weighted by Crippen LogP contribution is 2.31. The third-order valence-corrected chi connectivity index (χ3v) is 4.81. The molecule has 9 heteroatoms. The standard InChI is InChI=1S/C24H22N2O7/c1-16-4-13-22(31-2)21(14-16)25(15-17-5-7-18(8-6-17)23(27)32-3)24(28)33-20-11-9-19(10-12-20)26(29)30/h4-14H,15H2,1-3H3. The van der Waals surface area contributed by atoms with Gasteiger partial charge in [0.05, 0.1) is 36.9 Å². The summed E-state index contributed by atoms with van der Waals surface area (Å²) in [6, 6.07) is 17.2. The third-order valence-electron chi connectivity index (χ3n) is 4.81. The molecule has 3 aromatic rings. The van der Waals surface area contributed by atoms with Crippen LogP contribution in [0.1, 0.15) is 21.5 Å². The van der Waals surface area contributed by atoms with Gasteiger partial charge in [0, 0.05) is 12.1 Å². The number of carbonyl (C=O) groups excluding carboxylic acids is 2. The first-order valence-corrected chi connectivity index (χ1v) is 9.88. The Hall–Kier alpha value is -4.40. The van der Waals surface area contributed by atoms with Crippen molar-refractivity contribution in [3.05, 3.63) is 93.5 Å². The molecule has 0 saturated heterocycles. The molecule has 0 atom stereocenters. The molecule has 0 aliphatic heterocycles. The number of nitro benzene ring substituents is 1. The highest BCUT2D eigenvalue weighted by molar-refractivity contribution is 5.91. The van der Waals surface area contributed by atoms with Gasteiger partial charge in [-0.05, 0) is 54.4 Å². The number of esters is 1. The Kier molecular flexibility index (Phi) is 7.24. The van der Waals surface area contributed by atoms with Crippen LogP contribution in [0, 0.1) is 17.0 Å². The molecule has 9 nitrogen and oxygen atoms in total. The lowest BCUT2D eigenvalue weighted by Gasteiger charge is -2.24. The number of methoxy groups -OCH3 is 2. The maximum atomic E-state index is 13.2. The van der Waals surface area contributed by atoms with Gasteiger partial charge >= 0.3 is 12.1 Å². The lowest BCUT2D eigenvalue weighted by Crippen LogP contribution is -2.33. The lowest BCUT2D eigenvalue weighted by molar-refractivity contribution is -0.384. The monoisotopic (exact) mass is 450 g/mol. The Morgan fingerprint density at radius 1 is 0.970 bits per heavy atom. The Labute approximate surface area is 190 Å². The van der Waals surface area contributed by atoms with Crippen LogP contribution in [0.15, 0.2) is 66.7 Å². The van der Waals surface area contributed by atoms with Crippen LogP contribution in [0.3, 0.4) is 0 Å². The summed E-state index contributed by atoms with van der Waals surface area (Å²) in [6.45, 7) is 2.00. The van der Waals surface area contributed by atoms with Crippen molar-refractivity contribution in [2.45, 2.75) is 13.5 Å². The van der Waals surface area contributed by atoms with Crippen LogP contribution in [0.4, 0.5) is 16.2 Å². The number of anilines is 1. The molecule has 33 heavy (non-hydrogen) atoms. The summed E-state index contributed by atoms with van der Waals surface area (Å²) in [5.74, 6) is 0.159. The number of carbonyl (C=O) groups is 2. The number of non-ortho nitro benzene ring substituents is 1. The van der Waals surface area contributed by atoms with Gasteiger partial charge in [-0.2, -0.15) is 0 Å². The van der Waals surface area contributed by atoms with Crippen molar-refractivity contribution in [1.29, 1.82) is 0 Å². The van der Waals surface area contributed by atoms with Gasteiger partial charge in [0.1, 0.15) is 11.5 Å². The van der Waals surface area contributed by atoms with E-state index in [9.17, 15) is 19.7 Å². The second kappa shape index (κ2) is 10.3. The van der Waals surface area contributed by atoms with Gasteiger partial charge in [0.2, 0.25) is 0 Å². The second-order valence-corrected chi connectivity index (χ2v) is 7.07. The minimum absolute atomic E-state index is 0.113. The van der Waals surface area contributed by atoms with Gasteiger partial charge in [-0.1, -0.05) is 18.2 Å². The first-order chi connectivity index (χ1) is 15.8. The molecule has 0 aliphatic rings. The Bertz CT molecular complexity index is 1160. The summed E-state index contributed by atoms with van der Waals surface area (Å²) in [4.78, 5) is 36.6. The van der Waals surface area contributed by atoms with Crippen LogP contribution in [0.25, 0.3) is 0 Å². The van der Waals surface area contributed by atoms with Crippen molar-refractivity contribution in [2.24, 2.45) is 0 Å². The van der Waals surface area contributed by atoms with E-state index < -0.39 is 17.0 Å². The van der Waals surface area contributed by atoms with Gasteiger partial charge in [-0.3, -0.25) is 15.0 Å². The number of ether oxygens (including phenoxy) is 3. The Morgan fingerprint density at radius 3 is 2.21 bits per heavy atom. The molecule has 0 aliphatic carbocycles. The van der Waals surface area contributed by atoms with Crippen LogP contribution < -0.4 is 14.4 Å². The van der Waals surface area contributed by atoms with E-state index in [1.54, 1.807) is 36.4 Å². The van der Waals surface area contributed by atoms with E-state index >= 15 is 0 Å². The normalized spacial score (nSPS) is 10.3. The van der Waals surface area contributed by atoms with Crippen LogP contribution in [-0.2, 0) is 11.3 Å². The predicted molar refractivity (Wildman–Crippen MR) is 121 cm³/mol. The van der Waals surface area contributed by atoms with Crippen molar-refractivity contribution >= 4 is 23.4 Å². The van der Waals surface area contributed by atoms with Crippen molar-refractivity contribution in [2.75, 3.05) is 19.1 Å². The molecule has 1 amide bonds. The van der Waals surface area contributed by atoms with Crippen molar-refractivity contribution in [3.63, 3.8) is 0 Å². The average Bonchev–Trinajstić information content (AvgIpc) is 2.82. The molecule has 170 valence electrons.